The molecule has 2 aromatic rings. The van der Waals surface area contributed by atoms with Gasteiger partial charge in [-0.25, -0.2) is 18.6 Å². The van der Waals surface area contributed by atoms with Crippen LogP contribution < -0.4 is 5.32 Å². The molecule has 1 aromatic carbocycles. The van der Waals surface area contributed by atoms with Gasteiger partial charge in [0.15, 0.2) is 0 Å². The molecule has 0 amide bonds. The summed E-state index contributed by atoms with van der Waals surface area (Å²) in [5.74, 6) is -3.23. The van der Waals surface area contributed by atoms with Crippen molar-refractivity contribution >= 4 is 11.7 Å². The smallest absolute Gasteiger partial charge is 0.335 e. The molecule has 0 atom stereocenters. The molecule has 0 radical (unpaired) electrons. The Labute approximate surface area is 107 Å². The van der Waals surface area contributed by atoms with Gasteiger partial charge in [0.25, 0.3) is 0 Å². The maximum absolute atomic E-state index is 13.6. The summed E-state index contributed by atoms with van der Waals surface area (Å²) in [5.41, 5.74) is -0.750. The number of imidazole rings is 1. The van der Waals surface area contributed by atoms with Gasteiger partial charge in [0.2, 0.25) is 0 Å². The number of hydrogen-bond donors (Lipinski definition) is 2. The first-order valence-electron chi connectivity index (χ1n) is 5.50. The summed E-state index contributed by atoms with van der Waals surface area (Å²) in [7, 11) is 0. The van der Waals surface area contributed by atoms with Crippen LogP contribution in [0.1, 0.15) is 10.4 Å². The van der Waals surface area contributed by atoms with Crippen molar-refractivity contribution in [3.63, 3.8) is 0 Å². The van der Waals surface area contributed by atoms with Crippen molar-refractivity contribution in [3.8, 4) is 0 Å². The molecule has 0 spiro atoms. The van der Waals surface area contributed by atoms with Gasteiger partial charge in [0.05, 0.1) is 11.9 Å². The van der Waals surface area contributed by atoms with Crippen LogP contribution in [0.5, 0.6) is 0 Å². The van der Waals surface area contributed by atoms with Crippen molar-refractivity contribution in [1.29, 1.82) is 0 Å². The maximum atomic E-state index is 13.6. The number of carboxylic acid groups (broad SMARTS) is 1. The van der Waals surface area contributed by atoms with Crippen molar-refractivity contribution < 1.29 is 18.7 Å². The minimum atomic E-state index is -1.37. The molecular weight excluding hydrogens is 256 g/mol. The highest BCUT2D eigenvalue weighted by Gasteiger charge is 2.14. The first-order valence-corrected chi connectivity index (χ1v) is 5.50. The Kier molecular flexibility index (Phi) is 3.74. The average molecular weight is 267 g/mol. The van der Waals surface area contributed by atoms with Crippen molar-refractivity contribution in [1.82, 2.24) is 9.55 Å². The van der Waals surface area contributed by atoms with Gasteiger partial charge in [0.1, 0.15) is 17.3 Å². The highest BCUT2D eigenvalue weighted by molar-refractivity contribution is 5.88. The molecule has 0 saturated carbocycles. The lowest BCUT2D eigenvalue weighted by Gasteiger charge is -2.10. The summed E-state index contributed by atoms with van der Waals surface area (Å²) in [6.45, 7) is 0.774. The molecule has 1 aromatic heterocycles. The molecule has 0 aliphatic carbocycles. The molecule has 5 nitrogen and oxygen atoms in total. The Hall–Kier alpha value is -2.44. The maximum Gasteiger partial charge on any atom is 0.335 e. The Bertz CT molecular complexity index is 562. The molecule has 1 heterocycles. The van der Waals surface area contributed by atoms with Crippen molar-refractivity contribution in [2.45, 2.75) is 6.54 Å². The number of nitrogens with one attached hydrogen (secondary N) is 1. The number of anilines is 1. The fourth-order valence-electron chi connectivity index (χ4n) is 1.59. The quantitative estimate of drug-likeness (QED) is 0.869. The van der Waals surface area contributed by atoms with Crippen molar-refractivity contribution in [2.75, 3.05) is 11.9 Å². The molecule has 0 saturated heterocycles. The van der Waals surface area contributed by atoms with E-state index in [1.807, 2.05) is 0 Å². The minimum Gasteiger partial charge on any atom is -0.478 e. The second-order valence-corrected chi connectivity index (χ2v) is 3.85. The summed E-state index contributed by atoms with van der Waals surface area (Å²) in [4.78, 5) is 14.5. The van der Waals surface area contributed by atoms with Gasteiger partial charge in [0, 0.05) is 25.5 Å². The van der Waals surface area contributed by atoms with E-state index in [1.165, 1.54) is 0 Å². The second-order valence-electron chi connectivity index (χ2n) is 3.85. The van der Waals surface area contributed by atoms with Gasteiger partial charge in [-0.05, 0) is 12.1 Å². The zero-order chi connectivity index (χ0) is 13.8. The predicted octanol–water partition coefficient (Wildman–Crippen LogP) is 1.97. The van der Waals surface area contributed by atoms with Gasteiger partial charge < -0.3 is 15.0 Å². The van der Waals surface area contributed by atoms with Gasteiger partial charge in [-0.15, -0.1) is 0 Å². The Morgan fingerprint density at radius 3 is 2.58 bits per heavy atom. The predicted molar refractivity (Wildman–Crippen MR) is 64.0 cm³/mol. The van der Waals surface area contributed by atoms with Gasteiger partial charge >= 0.3 is 5.97 Å². The number of aromatic nitrogens is 2. The zero-order valence-electron chi connectivity index (χ0n) is 9.81. The summed E-state index contributed by atoms with van der Waals surface area (Å²) in [6.07, 6.45) is 4.91. The number of aromatic carboxylic acids is 1. The van der Waals surface area contributed by atoms with Gasteiger partial charge in [-0.3, -0.25) is 0 Å². The number of rotatable bonds is 5. The van der Waals surface area contributed by atoms with Gasteiger partial charge in [-0.2, -0.15) is 0 Å². The third kappa shape index (κ3) is 3.06. The first-order chi connectivity index (χ1) is 9.08. The van der Waals surface area contributed by atoms with E-state index >= 15 is 0 Å². The van der Waals surface area contributed by atoms with E-state index in [0.717, 1.165) is 12.1 Å². The average Bonchev–Trinajstić information content (AvgIpc) is 2.85. The van der Waals surface area contributed by atoms with Crippen LogP contribution >= 0.6 is 0 Å². The highest BCUT2D eigenvalue weighted by atomic mass is 19.1. The molecule has 0 aliphatic heterocycles. The normalized spacial score (nSPS) is 10.4. The molecule has 7 heteroatoms. The largest absolute Gasteiger partial charge is 0.478 e. The van der Waals surface area contributed by atoms with E-state index in [0.29, 0.717) is 6.54 Å². The second kappa shape index (κ2) is 5.47. The summed E-state index contributed by atoms with van der Waals surface area (Å²) >= 11 is 0. The van der Waals surface area contributed by atoms with Crippen LogP contribution in [-0.2, 0) is 6.54 Å². The number of carbonyl (C=O) groups is 1. The molecule has 0 unspecified atom stereocenters. The summed E-state index contributed by atoms with van der Waals surface area (Å²) in [6, 6.07) is 1.57. The SMILES string of the molecule is O=C(O)c1cc(F)c(NCCn2ccnc2)c(F)c1. The number of carboxylic acids is 1. The number of halogens is 2. The number of nitrogens with zero attached hydrogens (tertiary/aromatic N) is 2. The number of benzene rings is 1. The van der Waals surface area contributed by atoms with E-state index < -0.39 is 23.2 Å². The standard InChI is InChI=1S/C12H11F2N3O2/c13-9-5-8(12(18)19)6-10(14)11(9)16-2-4-17-3-1-15-7-17/h1,3,5-7,16H,2,4H2,(H,18,19). The molecule has 19 heavy (non-hydrogen) atoms. The molecule has 0 bridgehead atoms. The molecule has 100 valence electrons. The van der Waals surface area contributed by atoms with E-state index in [1.54, 1.807) is 23.3 Å². The van der Waals surface area contributed by atoms with Gasteiger partial charge in [-0.1, -0.05) is 0 Å². The van der Waals surface area contributed by atoms with E-state index in [-0.39, 0.29) is 12.2 Å². The van der Waals surface area contributed by atoms with Crippen LogP contribution in [0, 0.1) is 11.6 Å². The monoisotopic (exact) mass is 267 g/mol. The summed E-state index contributed by atoms with van der Waals surface area (Å²) < 4.78 is 28.8. The van der Waals surface area contributed by atoms with Crippen LogP contribution in [-0.4, -0.2) is 27.2 Å². The highest BCUT2D eigenvalue weighted by Crippen LogP contribution is 2.20. The van der Waals surface area contributed by atoms with Crippen LogP contribution in [0.15, 0.2) is 30.9 Å². The Balaban J connectivity index is 2.06. The fourth-order valence-corrected chi connectivity index (χ4v) is 1.59. The van der Waals surface area contributed by atoms with Crippen LogP contribution in [0.4, 0.5) is 14.5 Å². The van der Waals surface area contributed by atoms with E-state index in [9.17, 15) is 13.6 Å². The van der Waals surface area contributed by atoms with Crippen molar-refractivity contribution in [2.24, 2.45) is 0 Å². The molecular formula is C12H11F2N3O2. The molecule has 2 N–H and O–H groups in total. The summed E-state index contributed by atoms with van der Waals surface area (Å²) in [5, 5.41) is 11.3. The number of hydrogen-bond acceptors (Lipinski definition) is 3. The van der Waals surface area contributed by atoms with Crippen LogP contribution in [0.3, 0.4) is 0 Å². The minimum absolute atomic E-state index is 0.288. The fraction of sp³-hybridized carbons (Fsp3) is 0.167. The molecule has 0 fully saturated rings. The Morgan fingerprint density at radius 1 is 1.37 bits per heavy atom. The Morgan fingerprint density at radius 2 is 2.05 bits per heavy atom. The lowest BCUT2D eigenvalue weighted by Crippen LogP contribution is -2.12. The van der Waals surface area contributed by atoms with E-state index in [4.69, 9.17) is 5.11 Å². The third-order valence-corrected chi connectivity index (χ3v) is 2.52. The third-order valence-electron chi connectivity index (χ3n) is 2.52. The first kappa shape index (κ1) is 13.0. The van der Waals surface area contributed by atoms with E-state index in [2.05, 4.69) is 10.3 Å². The van der Waals surface area contributed by atoms with Crippen molar-refractivity contribution in [3.05, 3.63) is 48.1 Å². The zero-order valence-corrected chi connectivity index (χ0v) is 9.81. The molecule has 0 aliphatic rings. The lowest BCUT2D eigenvalue weighted by molar-refractivity contribution is 0.0696. The van der Waals surface area contributed by atoms with Crippen LogP contribution in [0.25, 0.3) is 0 Å². The molecule has 2 rings (SSSR count). The lowest BCUT2D eigenvalue weighted by atomic mass is 10.2. The topological polar surface area (TPSA) is 67.2 Å². The van der Waals surface area contributed by atoms with Crippen LogP contribution in [0.2, 0.25) is 0 Å².